The van der Waals surface area contributed by atoms with E-state index in [9.17, 15) is 5.26 Å². The summed E-state index contributed by atoms with van der Waals surface area (Å²) in [6.45, 7) is 2.60. The molecule has 0 bridgehead atoms. The highest BCUT2D eigenvalue weighted by Gasteiger charge is 2.15. The van der Waals surface area contributed by atoms with Crippen LogP contribution in [-0.2, 0) is 6.54 Å². The van der Waals surface area contributed by atoms with Gasteiger partial charge in [-0.1, -0.05) is 35.9 Å². The van der Waals surface area contributed by atoms with Crippen LogP contribution in [-0.4, -0.2) is 15.2 Å². The summed E-state index contributed by atoms with van der Waals surface area (Å²) in [5, 5.41) is 24.9. The number of benzene rings is 2. The lowest BCUT2D eigenvalue weighted by Crippen LogP contribution is -2.02. The van der Waals surface area contributed by atoms with Crippen LogP contribution >= 0.6 is 11.6 Å². The number of nitrogens with one attached hydrogen (secondary N) is 4. The van der Waals surface area contributed by atoms with E-state index in [1.807, 2.05) is 37.3 Å². The first-order valence-corrected chi connectivity index (χ1v) is 8.84. The summed E-state index contributed by atoms with van der Waals surface area (Å²) < 4.78 is 0. The van der Waals surface area contributed by atoms with E-state index in [-0.39, 0.29) is 0 Å². The average Bonchev–Trinajstić information content (AvgIpc) is 3.19. The molecule has 7 heteroatoms. The maximum atomic E-state index is 9.58. The number of rotatable bonds is 5. The van der Waals surface area contributed by atoms with Gasteiger partial charge in [0.2, 0.25) is 0 Å². The topological polar surface area (TPSA) is 92.3 Å². The molecule has 0 amide bonds. The van der Waals surface area contributed by atoms with E-state index in [2.05, 4.69) is 38.0 Å². The Bertz CT molecular complexity index is 1150. The molecule has 0 saturated carbocycles. The summed E-state index contributed by atoms with van der Waals surface area (Å²) in [5.74, 6) is 1.03. The predicted octanol–water partition coefficient (Wildman–Crippen LogP) is 5.08. The fourth-order valence-corrected chi connectivity index (χ4v) is 3.30. The monoisotopic (exact) mass is 376 g/mol. The largest absolute Gasteiger partial charge is 0.363 e. The van der Waals surface area contributed by atoms with Gasteiger partial charge in [-0.2, -0.15) is 10.4 Å². The zero-order valence-corrected chi connectivity index (χ0v) is 15.4. The quantitative estimate of drug-likeness (QED) is 0.391. The summed E-state index contributed by atoms with van der Waals surface area (Å²) in [5.41, 5.74) is 4.55. The van der Waals surface area contributed by atoms with Gasteiger partial charge in [-0.25, -0.2) is 0 Å². The van der Waals surface area contributed by atoms with Crippen molar-refractivity contribution in [2.24, 2.45) is 0 Å². The summed E-state index contributed by atoms with van der Waals surface area (Å²) in [4.78, 5) is 3.38. The van der Waals surface area contributed by atoms with Crippen molar-refractivity contribution >= 4 is 39.8 Å². The van der Waals surface area contributed by atoms with Gasteiger partial charge in [0, 0.05) is 33.9 Å². The number of anilines is 3. The van der Waals surface area contributed by atoms with Gasteiger partial charge in [-0.15, -0.1) is 0 Å². The SMILES string of the molecule is Cc1[nH]c2ccccc2c1CNc1n[nH]c(Nc2cccc(Cl)c2)c1C#N. The number of hydrogen-bond donors (Lipinski definition) is 4. The molecule has 4 rings (SSSR count). The number of hydrogen-bond acceptors (Lipinski definition) is 4. The highest BCUT2D eigenvalue weighted by molar-refractivity contribution is 6.30. The van der Waals surface area contributed by atoms with Crippen LogP contribution in [0.1, 0.15) is 16.8 Å². The van der Waals surface area contributed by atoms with Gasteiger partial charge >= 0.3 is 0 Å². The second-order valence-corrected chi connectivity index (χ2v) is 6.63. The Kier molecular flexibility index (Phi) is 4.45. The molecule has 0 spiro atoms. The van der Waals surface area contributed by atoms with E-state index in [1.54, 1.807) is 12.1 Å². The maximum Gasteiger partial charge on any atom is 0.168 e. The van der Waals surface area contributed by atoms with Gasteiger partial charge in [0.15, 0.2) is 5.82 Å². The number of aromatic amines is 2. The molecule has 2 aromatic heterocycles. The minimum Gasteiger partial charge on any atom is -0.363 e. The molecule has 2 heterocycles. The number of nitriles is 1. The van der Waals surface area contributed by atoms with E-state index in [1.165, 1.54) is 0 Å². The Morgan fingerprint density at radius 2 is 2.04 bits per heavy atom. The van der Waals surface area contributed by atoms with Crippen LogP contribution in [0, 0.1) is 18.3 Å². The first-order valence-electron chi connectivity index (χ1n) is 8.47. The number of halogens is 1. The minimum atomic E-state index is 0.424. The molecule has 134 valence electrons. The predicted molar refractivity (Wildman–Crippen MR) is 108 cm³/mol. The third-order valence-corrected chi connectivity index (χ3v) is 4.67. The fourth-order valence-electron chi connectivity index (χ4n) is 3.11. The molecule has 2 aromatic carbocycles. The molecular formula is C20H17ClN6. The van der Waals surface area contributed by atoms with Gasteiger partial charge in [0.05, 0.1) is 0 Å². The smallest absolute Gasteiger partial charge is 0.168 e. The van der Waals surface area contributed by atoms with E-state index in [0.29, 0.717) is 28.8 Å². The zero-order chi connectivity index (χ0) is 18.8. The normalized spacial score (nSPS) is 10.7. The summed E-state index contributed by atoms with van der Waals surface area (Å²) in [6.07, 6.45) is 0. The summed E-state index contributed by atoms with van der Waals surface area (Å²) in [6, 6.07) is 17.6. The van der Waals surface area contributed by atoms with E-state index in [4.69, 9.17) is 11.6 Å². The molecule has 27 heavy (non-hydrogen) atoms. The fraction of sp³-hybridized carbons (Fsp3) is 0.100. The molecule has 0 saturated heterocycles. The lowest BCUT2D eigenvalue weighted by molar-refractivity contribution is 1.04. The third kappa shape index (κ3) is 3.33. The van der Waals surface area contributed by atoms with E-state index >= 15 is 0 Å². The van der Waals surface area contributed by atoms with Crippen LogP contribution in [0.15, 0.2) is 48.5 Å². The maximum absolute atomic E-state index is 9.58. The molecular weight excluding hydrogens is 360 g/mol. The van der Waals surface area contributed by atoms with Crippen molar-refractivity contribution < 1.29 is 0 Å². The summed E-state index contributed by atoms with van der Waals surface area (Å²) >= 11 is 6.01. The Morgan fingerprint density at radius 1 is 1.19 bits per heavy atom. The van der Waals surface area contributed by atoms with Crippen LogP contribution in [0.3, 0.4) is 0 Å². The number of aryl methyl sites for hydroxylation is 1. The minimum absolute atomic E-state index is 0.424. The average molecular weight is 377 g/mol. The number of fused-ring (bicyclic) bond motifs is 1. The first kappa shape index (κ1) is 17.0. The van der Waals surface area contributed by atoms with Crippen molar-refractivity contribution in [3.63, 3.8) is 0 Å². The van der Waals surface area contributed by atoms with Crippen LogP contribution in [0.4, 0.5) is 17.3 Å². The van der Waals surface area contributed by atoms with Crippen LogP contribution in [0.5, 0.6) is 0 Å². The van der Waals surface area contributed by atoms with Gasteiger partial charge in [0.1, 0.15) is 17.5 Å². The third-order valence-electron chi connectivity index (χ3n) is 4.43. The van der Waals surface area contributed by atoms with Crippen LogP contribution in [0.2, 0.25) is 5.02 Å². The Hall–Kier alpha value is -3.43. The summed E-state index contributed by atoms with van der Waals surface area (Å²) in [7, 11) is 0. The Labute approximate surface area is 161 Å². The first-order chi connectivity index (χ1) is 13.2. The highest BCUT2D eigenvalue weighted by Crippen LogP contribution is 2.27. The second kappa shape index (κ2) is 7.06. The molecule has 4 N–H and O–H groups in total. The Morgan fingerprint density at radius 3 is 2.85 bits per heavy atom. The zero-order valence-electron chi connectivity index (χ0n) is 14.6. The van der Waals surface area contributed by atoms with Gasteiger partial charge in [-0.05, 0) is 36.8 Å². The highest BCUT2D eigenvalue weighted by atomic mass is 35.5. The van der Waals surface area contributed by atoms with Crippen molar-refractivity contribution in [3.05, 3.63) is 70.4 Å². The van der Waals surface area contributed by atoms with Crippen LogP contribution < -0.4 is 10.6 Å². The molecule has 0 radical (unpaired) electrons. The molecule has 0 atom stereocenters. The van der Waals surface area contributed by atoms with Crippen molar-refractivity contribution in [3.8, 4) is 6.07 Å². The molecule has 6 nitrogen and oxygen atoms in total. The molecule has 0 aliphatic carbocycles. The van der Waals surface area contributed by atoms with Gasteiger partial charge in [0.25, 0.3) is 0 Å². The van der Waals surface area contributed by atoms with Crippen LogP contribution in [0.25, 0.3) is 10.9 Å². The van der Waals surface area contributed by atoms with Crippen molar-refractivity contribution in [2.45, 2.75) is 13.5 Å². The number of para-hydroxylation sites is 1. The molecule has 4 aromatic rings. The standard InChI is InChI=1S/C20H17ClN6/c1-12-17(15-7-2-3-8-18(15)24-12)11-23-19-16(10-22)20(27-26-19)25-14-6-4-5-13(21)9-14/h2-9,24H,11H2,1H3,(H3,23,25,26,27). The Balaban J connectivity index is 1.57. The number of aromatic nitrogens is 3. The molecule has 0 fully saturated rings. The lowest BCUT2D eigenvalue weighted by Gasteiger charge is -2.06. The van der Waals surface area contributed by atoms with E-state index in [0.717, 1.165) is 27.8 Å². The molecule has 0 unspecified atom stereocenters. The van der Waals surface area contributed by atoms with Crippen molar-refractivity contribution in [2.75, 3.05) is 10.6 Å². The van der Waals surface area contributed by atoms with Gasteiger partial charge in [-0.3, -0.25) is 5.10 Å². The van der Waals surface area contributed by atoms with Crippen molar-refractivity contribution in [1.29, 1.82) is 5.26 Å². The number of nitrogens with zero attached hydrogens (tertiary/aromatic N) is 2. The van der Waals surface area contributed by atoms with E-state index < -0.39 is 0 Å². The van der Waals surface area contributed by atoms with Gasteiger partial charge < -0.3 is 15.6 Å². The lowest BCUT2D eigenvalue weighted by atomic mass is 10.1. The number of H-pyrrole nitrogens is 2. The van der Waals surface area contributed by atoms with Crippen molar-refractivity contribution in [1.82, 2.24) is 15.2 Å². The molecule has 0 aliphatic heterocycles. The second-order valence-electron chi connectivity index (χ2n) is 6.20. The molecule has 0 aliphatic rings.